The van der Waals surface area contributed by atoms with Gasteiger partial charge in [0.1, 0.15) is 6.54 Å². The van der Waals surface area contributed by atoms with Gasteiger partial charge in [0.25, 0.3) is 0 Å². The molecule has 2 N–H and O–H groups in total. The third kappa shape index (κ3) is 5.14. The van der Waals surface area contributed by atoms with Crippen molar-refractivity contribution in [1.29, 1.82) is 0 Å². The second-order valence-electron chi connectivity index (χ2n) is 4.99. The van der Waals surface area contributed by atoms with Crippen LogP contribution in [0.2, 0.25) is 0 Å². The molecule has 0 bridgehead atoms. The number of carbonyl (C=O) groups is 3. The normalized spacial score (nSPS) is 14.2. The number of carbonyl (C=O) groups excluding carboxylic acids is 3. The second kappa shape index (κ2) is 8.38. The van der Waals surface area contributed by atoms with E-state index in [1.54, 1.807) is 0 Å². The van der Waals surface area contributed by atoms with Crippen molar-refractivity contribution in [3.8, 4) is 0 Å². The Hall–Kier alpha value is -2.28. The zero-order valence-corrected chi connectivity index (χ0v) is 13.7. The van der Waals surface area contributed by atoms with Crippen molar-refractivity contribution in [2.75, 3.05) is 25.4 Å². The molecule has 1 heterocycles. The summed E-state index contributed by atoms with van der Waals surface area (Å²) in [4.78, 5) is 36.4. The van der Waals surface area contributed by atoms with Gasteiger partial charge in [-0.05, 0) is 11.0 Å². The highest BCUT2D eigenvalue weighted by atomic mass is 32.2. The van der Waals surface area contributed by atoms with Gasteiger partial charge < -0.3 is 15.5 Å². The first-order chi connectivity index (χ1) is 11.1. The van der Waals surface area contributed by atoms with Crippen molar-refractivity contribution in [3.63, 3.8) is 0 Å². The van der Waals surface area contributed by atoms with Crippen LogP contribution < -0.4 is 10.6 Å². The van der Waals surface area contributed by atoms with Gasteiger partial charge in [-0.15, -0.1) is 11.8 Å². The fraction of sp³-hybridized carbons (Fsp3) is 0.312. The SMILES string of the molecule is CC(=O)NCCNC(=O)CN1C(=O)CSC=C1c1ccccc1. The molecule has 23 heavy (non-hydrogen) atoms. The predicted octanol–water partition coefficient (Wildman–Crippen LogP) is 0.813. The molecule has 0 atom stereocenters. The number of hydrogen-bond acceptors (Lipinski definition) is 4. The molecule has 1 aliphatic rings. The Balaban J connectivity index is 1.97. The van der Waals surface area contributed by atoms with Crippen LogP contribution in [-0.2, 0) is 14.4 Å². The van der Waals surface area contributed by atoms with E-state index < -0.39 is 0 Å². The molecule has 0 saturated heterocycles. The lowest BCUT2D eigenvalue weighted by atomic mass is 10.1. The summed E-state index contributed by atoms with van der Waals surface area (Å²) in [7, 11) is 0. The fourth-order valence-corrected chi connectivity index (χ4v) is 2.92. The number of hydrogen-bond donors (Lipinski definition) is 2. The largest absolute Gasteiger partial charge is 0.355 e. The highest BCUT2D eigenvalue weighted by molar-refractivity contribution is 8.03. The molecule has 0 aromatic heterocycles. The second-order valence-corrected chi connectivity index (χ2v) is 5.85. The van der Waals surface area contributed by atoms with Gasteiger partial charge >= 0.3 is 0 Å². The zero-order valence-electron chi connectivity index (χ0n) is 12.9. The van der Waals surface area contributed by atoms with Gasteiger partial charge in [-0.2, -0.15) is 0 Å². The Morgan fingerprint density at radius 1 is 1.17 bits per heavy atom. The summed E-state index contributed by atoms with van der Waals surface area (Å²) in [6.07, 6.45) is 0. The number of rotatable bonds is 6. The van der Waals surface area contributed by atoms with Crippen LogP contribution in [0.3, 0.4) is 0 Å². The molecule has 2 rings (SSSR count). The van der Waals surface area contributed by atoms with Crippen LogP contribution >= 0.6 is 11.8 Å². The predicted molar refractivity (Wildman–Crippen MR) is 90.3 cm³/mol. The molecule has 3 amide bonds. The Morgan fingerprint density at radius 3 is 2.57 bits per heavy atom. The average Bonchev–Trinajstić information content (AvgIpc) is 2.54. The van der Waals surface area contributed by atoms with Crippen molar-refractivity contribution in [3.05, 3.63) is 41.3 Å². The monoisotopic (exact) mass is 333 g/mol. The van der Waals surface area contributed by atoms with E-state index in [9.17, 15) is 14.4 Å². The molecule has 0 saturated carbocycles. The smallest absolute Gasteiger partial charge is 0.240 e. The number of benzene rings is 1. The first-order valence-electron chi connectivity index (χ1n) is 7.26. The Labute approximate surface area is 139 Å². The molecule has 0 spiro atoms. The van der Waals surface area contributed by atoms with E-state index in [1.165, 1.54) is 23.6 Å². The highest BCUT2D eigenvalue weighted by Gasteiger charge is 2.25. The van der Waals surface area contributed by atoms with Crippen molar-refractivity contribution in [2.24, 2.45) is 0 Å². The number of nitrogens with one attached hydrogen (secondary N) is 2. The van der Waals surface area contributed by atoms with E-state index in [-0.39, 0.29) is 24.3 Å². The first kappa shape index (κ1) is 17.1. The van der Waals surface area contributed by atoms with Gasteiger partial charge in [-0.25, -0.2) is 0 Å². The third-order valence-electron chi connectivity index (χ3n) is 3.19. The van der Waals surface area contributed by atoms with Crippen molar-refractivity contribution in [2.45, 2.75) is 6.92 Å². The van der Waals surface area contributed by atoms with Crippen molar-refractivity contribution in [1.82, 2.24) is 15.5 Å². The topological polar surface area (TPSA) is 78.5 Å². The molecular formula is C16H19N3O3S. The Kier molecular flexibility index (Phi) is 6.22. The molecule has 0 aliphatic carbocycles. The molecule has 6 nitrogen and oxygen atoms in total. The molecule has 1 aliphatic heterocycles. The highest BCUT2D eigenvalue weighted by Crippen LogP contribution is 2.27. The van der Waals surface area contributed by atoms with Gasteiger partial charge in [0.2, 0.25) is 17.7 Å². The molecule has 7 heteroatoms. The summed E-state index contributed by atoms with van der Waals surface area (Å²) >= 11 is 1.43. The molecule has 1 aromatic carbocycles. The Morgan fingerprint density at radius 2 is 1.87 bits per heavy atom. The Bertz CT molecular complexity index is 616. The van der Waals surface area contributed by atoms with Crippen LogP contribution in [0.15, 0.2) is 35.7 Å². The maximum absolute atomic E-state index is 12.2. The summed E-state index contributed by atoms with van der Waals surface area (Å²) in [6.45, 7) is 2.09. The van der Waals surface area contributed by atoms with Crippen molar-refractivity contribution >= 4 is 35.2 Å². The minimum Gasteiger partial charge on any atom is -0.355 e. The van der Waals surface area contributed by atoms with Gasteiger partial charge in [0.15, 0.2) is 0 Å². The molecule has 0 unspecified atom stereocenters. The lowest BCUT2D eigenvalue weighted by molar-refractivity contribution is -0.131. The first-order valence-corrected chi connectivity index (χ1v) is 8.31. The van der Waals surface area contributed by atoms with Crippen LogP contribution in [-0.4, -0.2) is 48.0 Å². The lowest BCUT2D eigenvalue weighted by Crippen LogP contribution is -2.43. The van der Waals surface area contributed by atoms with E-state index in [0.717, 1.165) is 11.3 Å². The third-order valence-corrected chi connectivity index (χ3v) is 3.99. The van der Waals surface area contributed by atoms with Crippen LogP contribution in [0.25, 0.3) is 5.70 Å². The summed E-state index contributed by atoms with van der Waals surface area (Å²) in [5, 5.41) is 7.20. The number of thioether (sulfide) groups is 1. The van der Waals surface area contributed by atoms with E-state index in [0.29, 0.717) is 18.8 Å². The summed E-state index contributed by atoms with van der Waals surface area (Å²) < 4.78 is 0. The van der Waals surface area contributed by atoms with Crippen LogP contribution in [0.1, 0.15) is 12.5 Å². The van der Waals surface area contributed by atoms with Gasteiger partial charge in [-0.3, -0.25) is 14.4 Å². The lowest BCUT2D eigenvalue weighted by Gasteiger charge is -2.28. The standard InChI is InChI=1S/C16H19N3O3S/c1-12(20)17-7-8-18-15(21)9-19-14(10-23-11-16(19)22)13-5-3-2-4-6-13/h2-6,10H,7-9,11H2,1H3,(H,17,20)(H,18,21). The molecule has 0 radical (unpaired) electrons. The minimum absolute atomic E-state index is 0.0276. The van der Waals surface area contributed by atoms with Crippen LogP contribution in [0, 0.1) is 0 Å². The number of nitrogens with zero attached hydrogens (tertiary/aromatic N) is 1. The van der Waals surface area contributed by atoms with E-state index in [4.69, 9.17) is 0 Å². The van der Waals surface area contributed by atoms with Gasteiger partial charge in [0.05, 0.1) is 11.4 Å². The minimum atomic E-state index is -0.252. The maximum Gasteiger partial charge on any atom is 0.240 e. The van der Waals surface area contributed by atoms with Gasteiger partial charge in [0, 0.05) is 20.0 Å². The average molecular weight is 333 g/mol. The van der Waals surface area contributed by atoms with Crippen LogP contribution in [0.4, 0.5) is 0 Å². The quantitative estimate of drug-likeness (QED) is 0.755. The zero-order chi connectivity index (χ0) is 16.7. The van der Waals surface area contributed by atoms with E-state index in [2.05, 4.69) is 10.6 Å². The molecule has 1 aromatic rings. The van der Waals surface area contributed by atoms with Crippen molar-refractivity contribution < 1.29 is 14.4 Å². The molecule has 0 fully saturated rings. The van der Waals surface area contributed by atoms with E-state index in [1.807, 2.05) is 35.7 Å². The molecular weight excluding hydrogens is 314 g/mol. The van der Waals surface area contributed by atoms with E-state index >= 15 is 0 Å². The molecule has 122 valence electrons. The maximum atomic E-state index is 12.2. The van der Waals surface area contributed by atoms with Gasteiger partial charge in [-0.1, -0.05) is 30.3 Å². The summed E-state index contributed by atoms with van der Waals surface area (Å²) in [6, 6.07) is 9.51. The summed E-state index contributed by atoms with van der Waals surface area (Å²) in [5.41, 5.74) is 1.64. The number of amides is 3. The van der Waals surface area contributed by atoms with Crippen LogP contribution in [0.5, 0.6) is 0 Å². The summed E-state index contributed by atoms with van der Waals surface area (Å²) in [5.74, 6) is -0.155. The fourth-order valence-electron chi connectivity index (χ4n) is 2.11.